The van der Waals surface area contributed by atoms with Gasteiger partial charge in [0.15, 0.2) is 0 Å². The Kier molecular flexibility index (Phi) is 3.72. The monoisotopic (exact) mass is 293 g/mol. The maximum absolute atomic E-state index is 8.86. The maximum atomic E-state index is 8.86. The molecule has 21 heavy (non-hydrogen) atoms. The van der Waals surface area contributed by atoms with Gasteiger partial charge in [0.1, 0.15) is 6.07 Å². The van der Waals surface area contributed by atoms with Gasteiger partial charge in [-0.2, -0.15) is 5.26 Å². The minimum Gasteiger partial charge on any atom is -0.381 e. The van der Waals surface area contributed by atoms with Crippen LogP contribution in [-0.4, -0.2) is 4.98 Å². The predicted molar refractivity (Wildman–Crippen MR) is 85.2 cm³/mol. The Hall–Kier alpha value is -2.57. The zero-order valence-corrected chi connectivity index (χ0v) is 11.9. The molecule has 0 spiro atoms. The summed E-state index contributed by atoms with van der Waals surface area (Å²) >= 11 is 6.02. The van der Waals surface area contributed by atoms with Crippen LogP contribution in [-0.2, 0) is 6.54 Å². The highest BCUT2D eigenvalue weighted by Gasteiger charge is 2.01. The molecule has 0 aliphatic rings. The van der Waals surface area contributed by atoms with Crippen molar-refractivity contribution in [3.05, 3.63) is 71.0 Å². The van der Waals surface area contributed by atoms with E-state index < -0.39 is 0 Å². The third kappa shape index (κ3) is 2.96. The Morgan fingerprint density at radius 2 is 2.00 bits per heavy atom. The number of aromatic nitrogens is 1. The lowest BCUT2D eigenvalue weighted by atomic mass is 10.1. The van der Waals surface area contributed by atoms with Crippen molar-refractivity contribution in [3.63, 3.8) is 0 Å². The first-order valence-electron chi connectivity index (χ1n) is 6.52. The van der Waals surface area contributed by atoms with Crippen LogP contribution in [0.3, 0.4) is 0 Å². The molecule has 0 amide bonds. The van der Waals surface area contributed by atoms with Crippen molar-refractivity contribution >= 4 is 28.1 Å². The van der Waals surface area contributed by atoms with Crippen LogP contribution in [0.1, 0.15) is 11.1 Å². The molecule has 102 valence electrons. The van der Waals surface area contributed by atoms with Crippen LogP contribution < -0.4 is 5.32 Å². The first-order chi connectivity index (χ1) is 10.3. The molecule has 0 radical (unpaired) electrons. The van der Waals surface area contributed by atoms with Gasteiger partial charge in [-0.1, -0.05) is 23.7 Å². The standard InChI is InChI=1S/C17H12ClN3/c18-17-8-16(4-3-14(17)9-19)21-10-12-1-2-15-11-20-6-5-13(15)7-12/h1-8,11,21H,10H2. The fourth-order valence-corrected chi connectivity index (χ4v) is 2.39. The number of hydrogen-bond donors (Lipinski definition) is 1. The molecule has 3 aromatic rings. The van der Waals surface area contributed by atoms with Crippen LogP contribution >= 0.6 is 11.6 Å². The zero-order valence-electron chi connectivity index (χ0n) is 11.2. The topological polar surface area (TPSA) is 48.7 Å². The molecule has 2 aromatic carbocycles. The van der Waals surface area contributed by atoms with Gasteiger partial charge in [-0.15, -0.1) is 0 Å². The number of rotatable bonds is 3. The van der Waals surface area contributed by atoms with Gasteiger partial charge >= 0.3 is 0 Å². The Morgan fingerprint density at radius 1 is 1.10 bits per heavy atom. The smallest absolute Gasteiger partial charge is 0.101 e. The van der Waals surface area contributed by atoms with E-state index in [9.17, 15) is 0 Å². The molecule has 4 heteroatoms. The fourth-order valence-electron chi connectivity index (χ4n) is 2.16. The molecule has 0 saturated heterocycles. The van der Waals surface area contributed by atoms with E-state index in [0.717, 1.165) is 11.1 Å². The van der Waals surface area contributed by atoms with Gasteiger partial charge in [-0.3, -0.25) is 4.98 Å². The molecule has 1 heterocycles. The molecule has 0 unspecified atom stereocenters. The van der Waals surface area contributed by atoms with Crippen molar-refractivity contribution in [2.75, 3.05) is 5.32 Å². The Morgan fingerprint density at radius 3 is 2.81 bits per heavy atom. The van der Waals surface area contributed by atoms with E-state index in [2.05, 4.69) is 34.6 Å². The van der Waals surface area contributed by atoms with Crippen molar-refractivity contribution in [3.8, 4) is 6.07 Å². The van der Waals surface area contributed by atoms with Gasteiger partial charge in [0.2, 0.25) is 0 Å². The van der Waals surface area contributed by atoms with Crippen LogP contribution in [0.5, 0.6) is 0 Å². The van der Waals surface area contributed by atoms with Gasteiger partial charge < -0.3 is 5.32 Å². The van der Waals surface area contributed by atoms with Gasteiger partial charge in [0, 0.05) is 30.0 Å². The first kappa shape index (κ1) is 13.4. The van der Waals surface area contributed by atoms with Gasteiger partial charge in [0.25, 0.3) is 0 Å². The van der Waals surface area contributed by atoms with Crippen molar-refractivity contribution in [2.45, 2.75) is 6.54 Å². The van der Waals surface area contributed by atoms with Crippen molar-refractivity contribution in [1.82, 2.24) is 4.98 Å². The lowest BCUT2D eigenvalue weighted by Crippen LogP contribution is -1.99. The number of benzene rings is 2. The highest BCUT2D eigenvalue weighted by atomic mass is 35.5. The van der Waals surface area contributed by atoms with E-state index >= 15 is 0 Å². The predicted octanol–water partition coefficient (Wildman–Crippen LogP) is 4.37. The van der Waals surface area contributed by atoms with Gasteiger partial charge in [-0.05, 0) is 41.3 Å². The third-order valence-corrected chi connectivity index (χ3v) is 3.60. The largest absolute Gasteiger partial charge is 0.381 e. The summed E-state index contributed by atoms with van der Waals surface area (Å²) in [6.45, 7) is 0.695. The molecule has 0 atom stereocenters. The SMILES string of the molecule is N#Cc1ccc(NCc2ccc3cnccc3c2)cc1Cl. The van der Waals surface area contributed by atoms with Crippen LogP contribution in [0, 0.1) is 11.3 Å². The summed E-state index contributed by atoms with van der Waals surface area (Å²) in [5.41, 5.74) is 2.56. The fraction of sp³-hybridized carbons (Fsp3) is 0.0588. The minimum atomic E-state index is 0.465. The Balaban J connectivity index is 1.77. The van der Waals surface area contributed by atoms with Crippen LogP contribution in [0.4, 0.5) is 5.69 Å². The summed E-state index contributed by atoms with van der Waals surface area (Å²) in [6, 6.07) is 15.7. The molecule has 1 aromatic heterocycles. The number of fused-ring (bicyclic) bond motifs is 1. The van der Waals surface area contributed by atoms with Crippen molar-refractivity contribution in [2.24, 2.45) is 0 Å². The van der Waals surface area contributed by atoms with Crippen molar-refractivity contribution < 1.29 is 0 Å². The summed E-state index contributed by atoms with van der Waals surface area (Å²) in [6.07, 6.45) is 3.65. The molecule has 1 N–H and O–H groups in total. The average molecular weight is 294 g/mol. The van der Waals surface area contributed by atoms with Crippen LogP contribution in [0.2, 0.25) is 5.02 Å². The Bertz CT molecular complexity index is 837. The second-order valence-corrected chi connectivity index (χ2v) is 5.12. The second kappa shape index (κ2) is 5.82. The molecule has 0 aliphatic carbocycles. The summed E-state index contributed by atoms with van der Waals surface area (Å²) in [7, 11) is 0. The first-order valence-corrected chi connectivity index (χ1v) is 6.90. The normalized spacial score (nSPS) is 10.3. The average Bonchev–Trinajstić information content (AvgIpc) is 2.53. The summed E-state index contributed by atoms with van der Waals surface area (Å²) in [4.78, 5) is 4.11. The minimum absolute atomic E-state index is 0.465. The van der Waals surface area contributed by atoms with Crippen LogP contribution in [0.15, 0.2) is 54.9 Å². The number of nitriles is 1. The number of halogens is 1. The lowest BCUT2D eigenvalue weighted by Gasteiger charge is -2.08. The highest BCUT2D eigenvalue weighted by Crippen LogP contribution is 2.21. The van der Waals surface area contributed by atoms with E-state index in [0.29, 0.717) is 17.1 Å². The molecule has 0 bridgehead atoms. The molecule has 3 nitrogen and oxygen atoms in total. The zero-order chi connectivity index (χ0) is 14.7. The summed E-state index contributed by atoms with van der Waals surface area (Å²) in [5.74, 6) is 0. The van der Waals surface area contributed by atoms with Gasteiger partial charge in [-0.25, -0.2) is 0 Å². The maximum Gasteiger partial charge on any atom is 0.101 e. The highest BCUT2D eigenvalue weighted by molar-refractivity contribution is 6.32. The van der Waals surface area contributed by atoms with E-state index in [1.807, 2.05) is 18.3 Å². The van der Waals surface area contributed by atoms with E-state index in [1.54, 1.807) is 18.3 Å². The number of nitrogens with zero attached hydrogens (tertiary/aromatic N) is 2. The van der Waals surface area contributed by atoms with E-state index in [1.165, 1.54) is 10.9 Å². The molecule has 3 rings (SSSR count). The van der Waals surface area contributed by atoms with Crippen LogP contribution in [0.25, 0.3) is 10.8 Å². The third-order valence-electron chi connectivity index (χ3n) is 3.29. The van der Waals surface area contributed by atoms with E-state index in [-0.39, 0.29) is 0 Å². The molecule has 0 saturated carbocycles. The molecular weight excluding hydrogens is 282 g/mol. The number of nitrogens with one attached hydrogen (secondary N) is 1. The second-order valence-electron chi connectivity index (χ2n) is 4.72. The molecule has 0 fully saturated rings. The summed E-state index contributed by atoms with van der Waals surface area (Å²) < 4.78 is 0. The number of pyridine rings is 1. The van der Waals surface area contributed by atoms with Crippen molar-refractivity contribution in [1.29, 1.82) is 5.26 Å². The number of anilines is 1. The number of hydrogen-bond acceptors (Lipinski definition) is 3. The molecule has 0 aliphatic heterocycles. The quantitative estimate of drug-likeness (QED) is 0.780. The van der Waals surface area contributed by atoms with Gasteiger partial charge in [0.05, 0.1) is 10.6 Å². The molecular formula is C17H12ClN3. The lowest BCUT2D eigenvalue weighted by molar-refractivity contribution is 1.15. The Labute approximate surface area is 127 Å². The summed E-state index contributed by atoms with van der Waals surface area (Å²) in [5, 5.41) is 14.9. The van der Waals surface area contributed by atoms with E-state index in [4.69, 9.17) is 16.9 Å².